The van der Waals surface area contributed by atoms with Crippen molar-refractivity contribution in [1.29, 1.82) is 0 Å². The fourth-order valence-electron chi connectivity index (χ4n) is 1.79. The van der Waals surface area contributed by atoms with Crippen LogP contribution in [0.25, 0.3) is 22.2 Å². The van der Waals surface area contributed by atoms with Crippen LogP contribution in [0.2, 0.25) is 0 Å². The molecule has 0 amide bonds. The van der Waals surface area contributed by atoms with E-state index in [1.165, 1.54) is 0 Å². The van der Waals surface area contributed by atoms with Gasteiger partial charge in [-0.05, 0) is 12.1 Å². The van der Waals surface area contributed by atoms with E-state index < -0.39 is 10.0 Å². The molecule has 3 heterocycles. The summed E-state index contributed by atoms with van der Waals surface area (Å²) >= 11 is 0. The van der Waals surface area contributed by atoms with Crippen molar-refractivity contribution in [2.45, 2.75) is 5.03 Å². The number of H-pyrrole nitrogens is 1. The largest absolute Gasteiger partial charge is 0.264 e. The number of nitrogens with one attached hydrogen (secondary N) is 1. The van der Waals surface area contributed by atoms with E-state index >= 15 is 0 Å². The summed E-state index contributed by atoms with van der Waals surface area (Å²) in [6.07, 6.45) is 4.93. The Morgan fingerprint density at radius 3 is 2.74 bits per heavy atom. The fraction of sp³-hybridized carbons (Fsp3) is 0. The third kappa shape index (κ3) is 2.07. The van der Waals surface area contributed by atoms with Crippen molar-refractivity contribution in [2.75, 3.05) is 0 Å². The van der Waals surface area contributed by atoms with E-state index in [1.807, 2.05) is 6.07 Å². The van der Waals surface area contributed by atoms with Gasteiger partial charge in [-0.3, -0.25) is 10.1 Å². The third-order valence-electron chi connectivity index (χ3n) is 2.65. The van der Waals surface area contributed by atoms with Gasteiger partial charge in [0.05, 0.1) is 5.39 Å². The molecule has 0 fully saturated rings. The molecule has 0 radical (unpaired) electrons. The molecule has 3 rings (SSSR count). The van der Waals surface area contributed by atoms with Crippen LogP contribution in [0.4, 0.5) is 0 Å². The van der Waals surface area contributed by atoms with E-state index in [4.69, 9.17) is 5.14 Å². The van der Waals surface area contributed by atoms with Crippen LogP contribution in [0, 0.1) is 0 Å². The highest BCUT2D eigenvalue weighted by Gasteiger charge is 2.17. The van der Waals surface area contributed by atoms with Crippen LogP contribution in [-0.4, -0.2) is 28.6 Å². The molecule has 3 N–H and O–H groups in total. The van der Waals surface area contributed by atoms with E-state index in [1.54, 1.807) is 30.7 Å². The lowest BCUT2D eigenvalue weighted by atomic mass is 10.1. The third-order valence-corrected chi connectivity index (χ3v) is 3.53. The summed E-state index contributed by atoms with van der Waals surface area (Å²) in [5, 5.41) is 11.5. The Hall–Kier alpha value is -2.32. The fourth-order valence-corrected chi connectivity index (χ4v) is 2.42. The molecule has 0 bridgehead atoms. The van der Waals surface area contributed by atoms with Gasteiger partial charge >= 0.3 is 0 Å². The lowest BCUT2D eigenvalue weighted by Crippen LogP contribution is -2.12. The van der Waals surface area contributed by atoms with Crippen LogP contribution in [0.15, 0.2) is 41.8 Å². The van der Waals surface area contributed by atoms with Crippen molar-refractivity contribution in [3.05, 3.63) is 36.8 Å². The van der Waals surface area contributed by atoms with Crippen LogP contribution in [-0.2, 0) is 10.0 Å². The standard InChI is InChI=1S/C11H9N5O2S/c12-19(17,18)11-9-4-8(6-14-10(9)15-16-11)7-2-1-3-13-5-7/h1-6H,(H2,12,17,18)(H,14,15,16). The van der Waals surface area contributed by atoms with Crippen molar-refractivity contribution in [2.24, 2.45) is 5.14 Å². The van der Waals surface area contributed by atoms with Gasteiger partial charge in [0.15, 0.2) is 10.7 Å². The molecule has 19 heavy (non-hydrogen) atoms. The number of sulfonamides is 1. The van der Waals surface area contributed by atoms with Gasteiger partial charge in [-0.25, -0.2) is 18.5 Å². The van der Waals surface area contributed by atoms with Gasteiger partial charge in [0, 0.05) is 29.7 Å². The summed E-state index contributed by atoms with van der Waals surface area (Å²) in [7, 11) is -3.86. The number of nitrogens with zero attached hydrogens (tertiary/aromatic N) is 3. The Kier molecular flexibility index (Phi) is 2.54. The summed E-state index contributed by atoms with van der Waals surface area (Å²) in [4.78, 5) is 8.11. The zero-order valence-electron chi connectivity index (χ0n) is 9.61. The van der Waals surface area contributed by atoms with E-state index in [-0.39, 0.29) is 5.03 Å². The van der Waals surface area contributed by atoms with Gasteiger partial charge in [0.1, 0.15) is 0 Å². The molecule has 0 aromatic carbocycles. The molecule has 0 aliphatic heterocycles. The van der Waals surface area contributed by atoms with Crippen LogP contribution < -0.4 is 5.14 Å². The molecule has 8 heteroatoms. The molecule has 7 nitrogen and oxygen atoms in total. The Balaban J connectivity index is 2.26. The Morgan fingerprint density at radius 1 is 1.21 bits per heavy atom. The number of aromatic nitrogens is 4. The van der Waals surface area contributed by atoms with Gasteiger partial charge in [0.2, 0.25) is 0 Å². The van der Waals surface area contributed by atoms with Crippen molar-refractivity contribution in [3.8, 4) is 11.1 Å². The Morgan fingerprint density at radius 2 is 2.05 bits per heavy atom. The average molecular weight is 275 g/mol. The molecule has 0 atom stereocenters. The molecule has 3 aromatic rings. The second-order valence-electron chi connectivity index (χ2n) is 3.93. The summed E-state index contributed by atoms with van der Waals surface area (Å²) in [5.41, 5.74) is 1.88. The number of nitrogens with two attached hydrogens (primary N) is 1. The molecule has 96 valence electrons. The molecule has 3 aromatic heterocycles. The number of pyridine rings is 2. The topological polar surface area (TPSA) is 115 Å². The van der Waals surface area contributed by atoms with Gasteiger partial charge in [-0.1, -0.05) is 6.07 Å². The van der Waals surface area contributed by atoms with Crippen molar-refractivity contribution in [3.63, 3.8) is 0 Å². The minimum absolute atomic E-state index is 0.138. The zero-order chi connectivity index (χ0) is 13.5. The van der Waals surface area contributed by atoms with Crippen molar-refractivity contribution < 1.29 is 8.42 Å². The van der Waals surface area contributed by atoms with Crippen LogP contribution in [0.1, 0.15) is 0 Å². The number of rotatable bonds is 2. The normalized spacial score (nSPS) is 11.8. The molecule has 0 spiro atoms. The van der Waals surface area contributed by atoms with Crippen molar-refractivity contribution in [1.82, 2.24) is 20.2 Å². The number of aromatic amines is 1. The Bertz CT molecular complexity index is 842. The molecule has 0 aliphatic rings. The molecule has 0 saturated carbocycles. The molecular formula is C11H9N5O2S. The average Bonchev–Trinajstić information content (AvgIpc) is 2.82. The maximum Gasteiger partial charge on any atom is 0.255 e. The van der Waals surface area contributed by atoms with Gasteiger partial charge in [0.25, 0.3) is 10.0 Å². The Labute approximate surface area is 108 Å². The molecule has 0 aliphatic carbocycles. The number of primary sulfonamides is 1. The lowest BCUT2D eigenvalue weighted by Gasteiger charge is -2.00. The second kappa shape index (κ2) is 4.11. The number of hydrogen-bond donors (Lipinski definition) is 2. The summed E-state index contributed by atoms with van der Waals surface area (Å²) in [6, 6.07) is 5.31. The highest BCUT2D eigenvalue weighted by molar-refractivity contribution is 7.89. The monoisotopic (exact) mass is 275 g/mol. The van der Waals surface area contributed by atoms with E-state index in [0.717, 1.165) is 11.1 Å². The summed E-state index contributed by atoms with van der Waals surface area (Å²) < 4.78 is 22.8. The predicted molar refractivity (Wildman–Crippen MR) is 68.5 cm³/mol. The predicted octanol–water partition coefficient (Wildman–Crippen LogP) is 0.667. The van der Waals surface area contributed by atoms with Crippen LogP contribution in [0.3, 0.4) is 0 Å². The quantitative estimate of drug-likeness (QED) is 0.713. The van der Waals surface area contributed by atoms with E-state index in [9.17, 15) is 8.42 Å². The minimum atomic E-state index is -3.86. The molecule has 0 unspecified atom stereocenters. The number of fused-ring (bicyclic) bond motifs is 1. The first-order valence-corrected chi connectivity index (χ1v) is 6.87. The second-order valence-corrected chi connectivity index (χ2v) is 5.43. The zero-order valence-corrected chi connectivity index (χ0v) is 10.4. The maximum atomic E-state index is 11.4. The SMILES string of the molecule is NS(=O)(=O)c1[nH]nc2ncc(-c3cccnc3)cc12. The van der Waals surface area contributed by atoms with Gasteiger partial charge < -0.3 is 0 Å². The highest BCUT2D eigenvalue weighted by Crippen LogP contribution is 2.24. The van der Waals surface area contributed by atoms with Gasteiger partial charge in [-0.2, -0.15) is 5.10 Å². The van der Waals surface area contributed by atoms with Crippen LogP contribution in [0.5, 0.6) is 0 Å². The maximum absolute atomic E-state index is 11.4. The molecular weight excluding hydrogens is 266 g/mol. The highest BCUT2D eigenvalue weighted by atomic mass is 32.2. The van der Waals surface area contributed by atoms with Crippen LogP contribution >= 0.6 is 0 Å². The first kappa shape index (κ1) is 11.8. The molecule has 0 saturated heterocycles. The first-order chi connectivity index (χ1) is 9.05. The van der Waals surface area contributed by atoms with E-state index in [0.29, 0.717) is 11.0 Å². The minimum Gasteiger partial charge on any atom is -0.264 e. The van der Waals surface area contributed by atoms with Crippen molar-refractivity contribution >= 4 is 21.1 Å². The van der Waals surface area contributed by atoms with E-state index in [2.05, 4.69) is 20.2 Å². The number of hydrogen-bond acceptors (Lipinski definition) is 5. The smallest absolute Gasteiger partial charge is 0.255 e. The summed E-state index contributed by atoms with van der Waals surface area (Å²) in [5.74, 6) is 0. The first-order valence-electron chi connectivity index (χ1n) is 5.33. The summed E-state index contributed by atoms with van der Waals surface area (Å²) in [6.45, 7) is 0. The lowest BCUT2D eigenvalue weighted by molar-refractivity contribution is 0.594. The van der Waals surface area contributed by atoms with Gasteiger partial charge in [-0.15, -0.1) is 0 Å².